The molecule has 0 aliphatic carbocycles. The second-order valence-electron chi connectivity index (χ2n) is 7.27. The normalized spacial score (nSPS) is 17.9. The van der Waals surface area contributed by atoms with Gasteiger partial charge in [-0.25, -0.2) is 13.1 Å². The van der Waals surface area contributed by atoms with Crippen LogP contribution in [0.25, 0.3) is 0 Å². The predicted molar refractivity (Wildman–Crippen MR) is 104 cm³/mol. The quantitative estimate of drug-likeness (QED) is 0.809. The molecule has 3 rings (SSSR count). The van der Waals surface area contributed by atoms with Gasteiger partial charge in [-0.15, -0.1) is 0 Å². The Kier molecular flexibility index (Phi) is 6.00. The van der Waals surface area contributed by atoms with Crippen molar-refractivity contribution in [2.45, 2.75) is 31.7 Å². The first kappa shape index (κ1) is 20.0. The summed E-state index contributed by atoms with van der Waals surface area (Å²) in [5, 5.41) is 3.77. The molecule has 0 bridgehead atoms. The van der Waals surface area contributed by atoms with Gasteiger partial charge in [0.2, 0.25) is 10.0 Å². The highest BCUT2D eigenvalue weighted by Crippen LogP contribution is 2.24. The summed E-state index contributed by atoms with van der Waals surface area (Å²) in [5.41, 5.74) is 2.69. The average molecular weight is 393 g/mol. The summed E-state index contributed by atoms with van der Waals surface area (Å²) >= 11 is 0. The topological polar surface area (TPSA) is 78.7 Å². The largest absolute Gasteiger partial charge is 0.360 e. The highest BCUT2D eigenvalue weighted by Gasteiger charge is 2.28. The molecule has 1 aliphatic heterocycles. The number of rotatable bonds is 6. The average Bonchev–Trinajstić information content (AvgIpc) is 2.97. The third-order valence-electron chi connectivity index (χ3n) is 5.14. The highest BCUT2D eigenvalue weighted by atomic mass is 32.2. The number of benzene rings is 1. The molecule has 1 saturated heterocycles. The zero-order valence-corrected chi connectivity index (χ0v) is 17.2. The molecule has 1 fully saturated rings. The molecular formula is C19H28N4O3S. The minimum absolute atomic E-state index is 0.0189. The predicted octanol–water partition coefficient (Wildman–Crippen LogP) is 1.87. The van der Waals surface area contributed by atoms with E-state index in [1.165, 1.54) is 5.56 Å². The molecule has 2 aromatic rings. The Morgan fingerprint density at radius 3 is 2.30 bits per heavy atom. The third kappa shape index (κ3) is 4.57. The minimum atomic E-state index is -3.68. The van der Waals surface area contributed by atoms with Crippen LogP contribution in [0.3, 0.4) is 0 Å². The Balaban J connectivity index is 1.82. The Labute approximate surface area is 161 Å². The minimum Gasteiger partial charge on any atom is -0.360 e. The lowest BCUT2D eigenvalue weighted by molar-refractivity contribution is 0.113. The van der Waals surface area contributed by atoms with E-state index in [1.54, 1.807) is 13.8 Å². The van der Waals surface area contributed by atoms with E-state index in [0.29, 0.717) is 18.0 Å². The molecule has 148 valence electrons. The van der Waals surface area contributed by atoms with E-state index < -0.39 is 10.0 Å². The summed E-state index contributed by atoms with van der Waals surface area (Å²) in [4.78, 5) is 4.78. The lowest BCUT2D eigenvalue weighted by atomic mass is 10.0. The van der Waals surface area contributed by atoms with Crippen LogP contribution in [0.15, 0.2) is 33.7 Å². The molecule has 1 aromatic heterocycles. The number of likely N-dealkylation sites (N-methyl/N-ethyl adjacent to an activating group) is 1. The third-order valence-corrected chi connectivity index (χ3v) is 6.81. The summed E-state index contributed by atoms with van der Waals surface area (Å²) in [6, 6.07) is 8.29. The van der Waals surface area contributed by atoms with Gasteiger partial charge in [0.25, 0.3) is 0 Å². The van der Waals surface area contributed by atoms with Gasteiger partial charge in [-0.3, -0.25) is 4.90 Å². The number of aromatic nitrogens is 1. The van der Waals surface area contributed by atoms with Crippen LogP contribution in [0.5, 0.6) is 0 Å². The smallest absolute Gasteiger partial charge is 0.246 e. The Morgan fingerprint density at radius 2 is 1.74 bits per heavy atom. The molecule has 1 unspecified atom stereocenters. The van der Waals surface area contributed by atoms with Gasteiger partial charge in [0, 0.05) is 38.8 Å². The van der Waals surface area contributed by atoms with Crippen molar-refractivity contribution in [2.24, 2.45) is 0 Å². The first-order chi connectivity index (χ1) is 12.8. The van der Waals surface area contributed by atoms with Crippen LogP contribution in [0.1, 0.15) is 28.6 Å². The lowest BCUT2D eigenvalue weighted by Gasteiger charge is -2.38. The molecule has 1 aromatic carbocycles. The molecule has 7 nitrogen and oxygen atoms in total. The van der Waals surface area contributed by atoms with Crippen molar-refractivity contribution in [2.75, 3.05) is 39.8 Å². The monoisotopic (exact) mass is 392 g/mol. The maximum Gasteiger partial charge on any atom is 0.246 e. The van der Waals surface area contributed by atoms with E-state index >= 15 is 0 Å². The van der Waals surface area contributed by atoms with Crippen LogP contribution >= 0.6 is 0 Å². The van der Waals surface area contributed by atoms with Crippen LogP contribution in [-0.4, -0.2) is 63.1 Å². The molecule has 1 aliphatic rings. The van der Waals surface area contributed by atoms with Gasteiger partial charge in [-0.2, -0.15) is 0 Å². The first-order valence-electron chi connectivity index (χ1n) is 9.19. The van der Waals surface area contributed by atoms with Gasteiger partial charge in [-0.05, 0) is 33.4 Å². The Bertz CT molecular complexity index is 849. The summed E-state index contributed by atoms with van der Waals surface area (Å²) in [6.45, 7) is 9.37. The summed E-state index contributed by atoms with van der Waals surface area (Å²) in [7, 11) is -1.57. The fourth-order valence-corrected chi connectivity index (χ4v) is 4.86. The maximum atomic E-state index is 12.8. The molecule has 1 atom stereocenters. The SMILES string of the molecule is Cc1ccc(C(CNS(=O)(=O)c2c(C)noc2C)N2CCN(C)CC2)cc1. The van der Waals surface area contributed by atoms with Crippen LogP contribution in [0, 0.1) is 20.8 Å². The van der Waals surface area contributed by atoms with Crippen molar-refractivity contribution in [1.82, 2.24) is 19.7 Å². The van der Waals surface area contributed by atoms with Crippen molar-refractivity contribution >= 4 is 10.0 Å². The number of nitrogens with zero attached hydrogens (tertiary/aromatic N) is 3. The van der Waals surface area contributed by atoms with Gasteiger partial charge in [0.15, 0.2) is 5.76 Å². The van der Waals surface area contributed by atoms with Crippen LogP contribution in [0.4, 0.5) is 0 Å². The molecule has 1 N–H and O–H groups in total. The van der Waals surface area contributed by atoms with Crippen LogP contribution < -0.4 is 4.72 Å². The van der Waals surface area contributed by atoms with Crippen molar-refractivity contribution < 1.29 is 12.9 Å². The van der Waals surface area contributed by atoms with Gasteiger partial charge in [0.05, 0.1) is 0 Å². The summed E-state index contributed by atoms with van der Waals surface area (Å²) in [6.07, 6.45) is 0. The highest BCUT2D eigenvalue weighted by molar-refractivity contribution is 7.89. The van der Waals surface area contributed by atoms with Crippen molar-refractivity contribution in [3.05, 3.63) is 46.8 Å². The van der Waals surface area contributed by atoms with Gasteiger partial charge in [-0.1, -0.05) is 35.0 Å². The molecule has 0 radical (unpaired) electrons. The van der Waals surface area contributed by atoms with E-state index in [9.17, 15) is 8.42 Å². The zero-order chi connectivity index (χ0) is 19.6. The standard InChI is InChI=1S/C19H28N4O3S/c1-14-5-7-17(8-6-14)18(23-11-9-22(4)10-12-23)13-20-27(24,25)19-15(2)21-26-16(19)3/h5-8,18,20H,9-13H2,1-4H3. The molecule has 0 saturated carbocycles. The van der Waals surface area contributed by atoms with Crippen LogP contribution in [-0.2, 0) is 10.0 Å². The fourth-order valence-electron chi connectivity index (χ4n) is 3.50. The Hall–Kier alpha value is -1.74. The van der Waals surface area contributed by atoms with Gasteiger partial charge < -0.3 is 9.42 Å². The maximum absolute atomic E-state index is 12.8. The van der Waals surface area contributed by atoms with E-state index in [-0.39, 0.29) is 10.9 Å². The molecule has 8 heteroatoms. The second-order valence-corrected chi connectivity index (χ2v) is 8.97. The first-order valence-corrected chi connectivity index (χ1v) is 10.7. The van der Waals surface area contributed by atoms with Crippen molar-refractivity contribution in [1.29, 1.82) is 0 Å². The molecular weight excluding hydrogens is 364 g/mol. The fraction of sp³-hybridized carbons (Fsp3) is 0.526. The van der Waals surface area contributed by atoms with E-state index in [0.717, 1.165) is 31.7 Å². The molecule has 0 amide bonds. The van der Waals surface area contributed by atoms with Gasteiger partial charge in [0.1, 0.15) is 10.6 Å². The van der Waals surface area contributed by atoms with Crippen molar-refractivity contribution in [3.8, 4) is 0 Å². The number of piperazine rings is 1. The summed E-state index contributed by atoms with van der Waals surface area (Å²) < 4.78 is 33.5. The number of hydrogen-bond donors (Lipinski definition) is 1. The summed E-state index contributed by atoms with van der Waals surface area (Å²) in [5.74, 6) is 0.312. The Morgan fingerprint density at radius 1 is 1.11 bits per heavy atom. The van der Waals surface area contributed by atoms with E-state index in [4.69, 9.17) is 4.52 Å². The zero-order valence-electron chi connectivity index (χ0n) is 16.4. The molecule has 27 heavy (non-hydrogen) atoms. The molecule has 2 heterocycles. The lowest BCUT2D eigenvalue weighted by Crippen LogP contribution is -2.48. The van der Waals surface area contributed by atoms with E-state index in [2.05, 4.69) is 57.9 Å². The van der Waals surface area contributed by atoms with Crippen molar-refractivity contribution in [3.63, 3.8) is 0 Å². The van der Waals surface area contributed by atoms with E-state index in [1.807, 2.05) is 0 Å². The number of nitrogens with one attached hydrogen (secondary N) is 1. The van der Waals surface area contributed by atoms with Crippen LogP contribution in [0.2, 0.25) is 0 Å². The second kappa shape index (κ2) is 8.10. The number of sulfonamides is 1. The number of hydrogen-bond acceptors (Lipinski definition) is 6. The van der Waals surface area contributed by atoms with Gasteiger partial charge >= 0.3 is 0 Å². The number of aryl methyl sites for hydroxylation is 3. The molecule has 0 spiro atoms.